The second-order valence-corrected chi connectivity index (χ2v) is 7.67. The molecule has 0 atom stereocenters. The van der Waals surface area contributed by atoms with Gasteiger partial charge in [-0.3, -0.25) is 9.69 Å². The number of fused-ring (bicyclic) bond motifs is 1. The highest BCUT2D eigenvalue weighted by Crippen LogP contribution is 2.32. The molecule has 7 heteroatoms. The Labute approximate surface area is 151 Å². The quantitative estimate of drug-likeness (QED) is 0.843. The minimum atomic E-state index is 0.0545. The van der Waals surface area contributed by atoms with Crippen LogP contribution in [0.4, 0.5) is 0 Å². The van der Waals surface area contributed by atoms with E-state index in [0.717, 1.165) is 43.4 Å². The number of aromatic nitrogens is 1. The lowest BCUT2D eigenvalue weighted by molar-refractivity contribution is 0.0628. The highest BCUT2D eigenvalue weighted by atomic mass is 32.1. The van der Waals surface area contributed by atoms with Crippen LogP contribution in [0.5, 0.6) is 11.5 Å². The van der Waals surface area contributed by atoms with Gasteiger partial charge < -0.3 is 14.4 Å². The van der Waals surface area contributed by atoms with Gasteiger partial charge in [-0.15, -0.1) is 11.3 Å². The molecule has 4 rings (SSSR count). The molecule has 0 saturated carbocycles. The molecule has 1 aromatic heterocycles. The van der Waals surface area contributed by atoms with Crippen molar-refractivity contribution in [1.29, 1.82) is 0 Å². The molecule has 0 N–H and O–H groups in total. The van der Waals surface area contributed by atoms with Crippen LogP contribution in [0.1, 0.15) is 25.9 Å². The first-order valence-electron chi connectivity index (χ1n) is 8.44. The molecule has 0 spiro atoms. The van der Waals surface area contributed by atoms with Crippen LogP contribution in [0.15, 0.2) is 18.2 Å². The Hall–Kier alpha value is -2.12. The number of carbonyl (C=O) groups excluding carboxylic acids is 1. The van der Waals surface area contributed by atoms with Crippen LogP contribution < -0.4 is 9.47 Å². The van der Waals surface area contributed by atoms with Crippen molar-refractivity contribution in [2.24, 2.45) is 0 Å². The largest absolute Gasteiger partial charge is 0.454 e. The first-order valence-corrected chi connectivity index (χ1v) is 9.26. The number of carbonyl (C=O) groups is 1. The summed E-state index contributed by atoms with van der Waals surface area (Å²) in [5.74, 6) is 1.41. The normalized spacial score (nSPS) is 17.1. The number of aryl methyl sites for hydroxylation is 2. The first-order chi connectivity index (χ1) is 12.1. The summed E-state index contributed by atoms with van der Waals surface area (Å²) in [5.41, 5.74) is 1.78. The Balaban J connectivity index is 1.35. The van der Waals surface area contributed by atoms with Gasteiger partial charge in [0.2, 0.25) is 6.79 Å². The monoisotopic (exact) mass is 359 g/mol. The third-order valence-corrected chi connectivity index (χ3v) is 5.77. The third-order valence-electron chi connectivity index (χ3n) is 4.71. The predicted molar refractivity (Wildman–Crippen MR) is 95.3 cm³/mol. The molecule has 0 aliphatic carbocycles. The topological polar surface area (TPSA) is 54.9 Å². The van der Waals surface area contributed by atoms with E-state index >= 15 is 0 Å². The fourth-order valence-electron chi connectivity index (χ4n) is 3.12. The maximum absolute atomic E-state index is 12.7. The van der Waals surface area contributed by atoms with Gasteiger partial charge >= 0.3 is 0 Å². The fourth-order valence-corrected chi connectivity index (χ4v) is 4.10. The minimum absolute atomic E-state index is 0.0545. The van der Waals surface area contributed by atoms with E-state index in [1.807, 2.05) is 11.0 Å². The SMILES string of the molecule is Cc1nc(CN2CCN(C(=O)c3ccc4c(c3)OCO4)CC2)sc1C. The highest BCUT2D eigenvalue weighted by molar-refractivity contribution is 7.11. The molecule has 6 nitrogen and oxygen atoms in total. The molecule has 1 fully saturated rings. The van der Waals surface area contributed by atoms with E-state index in [4.69, 9.17) is 9.47 Å². The van der Waals surface area contributed by atoms with Gasteiger partial charge in [-0.25, -0.2) is 4.98 Å². The van der Waals surface area contributed by atoms with Crippen LogP contribution in [0, 0.1) is 13.8 Å². The van der Waals surface area contributed by atoms with Crippen molar-refractivity contribution in [2.45, 2.75) is 20.4 Å². The van der Waals surface area contributed by atoms with Gasteiger partial charge in [0.15, 0.2) is 11.5 Å². The zero-order valence-electron chi connectivity index (χ0n) is 14.4. The number of benzene rings is 1. The van der Waals surface area contributed by atoms with Crippen LogP contribution in [-0.2, 0) is 6.54 Å². The Kier molecular flexibility index (Phi) is 4.35. The van der Waals surface area contributed by atoms with Gasteiger partial charge in [0.25, 0.3) is 5.91 Å². The molecule has 132 valence electrons. The summed E-state index contributed by atoms with van der Waals surface area (Å²) in [5, 5.41) is 1.16. The van der Waals surface area contributed by atoms with E-state index < -0.39 is 0 Å². The van der Waals surface area contributed by atoms with Crippen LogP contribution in [0.25, 0.3) is 0 Å². The summed E-state index contributed by atoms with van der Waals surface area (Å²) in [6.07, 6.45) is 0. The van der Waals surface area contributed by atoms with Gasteiger partial charge in [0, 0.05) is 36.6 Å². The first kappa shape index (κ1) is 16.4. The number of hydrogen-bond acceptors (Lipinski definition) is 6. The number of rotatable bonds is 3. The zero-order valence-corrected chi connectivity index (χ0v) is 15.3. The number of thiazole rings is 1. The van der Waals surface area contributed by atoms with Crippen molar-refractivity contribution < 1.29 is 14.3 Å². The number of ether oxygens (including phenoxy) is 2. The lowest BCUT2D eigenvalue weighted by Crippen LogP contribution is -2.48. The summed E-state index contributed by atoms with van der Waals surface area (Å²) < 4.78 is 10.7. The molecule has 1 amide bonds. The van der Waals surface area contributed by atoms with E-state index in [-0.39, 0.29) is 12.7 Å². The molecular weight excluding hydrogens is 338 g/mol. The number of hydrogen-bond donors (Lipinski definition) is 0. The van der Waals surface area contributed by atoms with Crippen LogP contribution in [0.3, 0.4) is 0 Å². The Morgan fingerprint density at radius 3 is 2.64 bits per heavy atom. The van der Waals surface area contributed by atoms with Crippen LogP contribution in [-0.4, -0.2) is 53.7 Å². The van der Waals surface area contributed by atoms with Gasteiger partial charge in [-0.2, -0.15) is 0 Å². The molecule has 3 heterocycles. The molecule has 0 radical (unpaired) electrons. The number of amides is 1. The average molecular weight is 359 g/mol. The van der Waals surface area contributed by atoms with Crippen molar-refractivity contribution >= 4 is 17.2 Å². The van der Waals surface area contributed by atoms with E-state index in [2.05, 4.69) is 23.7 Å². The van der Waals surface area contributed by atoms with Crippen molar-refractivity contribution in [3.63, 3.8) is 0 Å². The van der Waals surface area contributed by atoms with Gasteiger partial charge in [-0.1, -0.05) is 0 Å². The van der Waals surface area contributed by atoms with Crippen LogP contribution in [0.2, 0.25) is 0 Å². The van der Waals surface area contributed by atoms with Crippen molar-refractivity contribution in [3.05, 3.63) is 39.3 Å². The van der Waals surface area contributed by atoms with Gasteiger partial charge in [0.05, 0.1) is 12.2 Å². The van der Waals surface area contributed by atoms with E-state index in [9.17, 15) is 4.79 Å². The molecule has 2 aliphatic heterocycles. The standard InChI is InChI=1S/C18H21N3O3S/c1-12-13(2)25-17(19-12)10-20-5-7-21(8-6-20)18(22)14-3-4-15-16(9-14)24-11-23-15/h3-4,9H,5-8,10-11H2,1-2H3. The Bertz CT molecular complexity index is 777. The van der Waals surface area contributed by atoms with E-state index in [0.29, 0.717) is 17.1 Å². The molecule has 2 aromatic rings. The van der Waals surface area contributed by atoms with Crippen molar-refractivity contribution in [2.75, 3.05) is 33.0 Å². The highest BCUT2D eigenvalue weighted by Gasteiger charge is 2.24. The molecular formula is C18H21N3O3S. The second-order valence-electron chi connectivity index (χ2n) is 6.39. The lowest BCUT2D eigenvalue weighted by atomic mass is 10.1. The smallest absolute Gasteiger partial charge is 0.254 e. The van der Waals surface area contributed by atoms with Gasteiger partial charge in [-0.05, 0) is 32.0 Å². The average Bonchev–Trinajstić information content (AvgIpc) is 3.20. The summed E-state index contributed by atoms with van der Waals surface area (Å²) in [4.78, 5) is 22.9. The van der Waals surface area contributed by atoms with Gasteiger partial charge in [0.1, 0.15) is 5.01 Å². The summed E-state index contributed by atoms with van der Waals surface area (Å²) >= 11 is 1.76. The maximum atomic E-state index is 12.7. The lowest BCUT2D eigenvalue weighted by Gasteiger charge is -2.34. The molecule has 1 aromatic carbocycles. The Morgan fingerprint density at radius 1 is 1.16 bits per heavy atom. The third kappa shape index (κ3) is 3.34. The van der Waals surface area contributed by atoms with Crippen molar-refractivity contribution in [3.8, 4) is 11.5 Å². The molecule has 0 unspecified atom stereocenters. The summed E-state index contributed by atoms with van der Waals surface area (Å²) in [7, 11) is 0. The second kappa shape index (κ2) is 6.65. The maximum Gasteiger partial charge on any atom is 0.254 e. The molecule has 25 heavy (non-hydrogen) atoms. The summed E-state index contributed by atoms with van der Waals surface area (Å²) in [6, 6.07) is 5.39. The predicted octanol–water partition coefficient (Wildman–Crippen LogP) is 2.45. The van der Waals surface area contributed by atoms with Crippen LogP contribution >= 0.6 is 11.3 Å². The molecule has 2 aliphatic rings. The fraction of sp³-hybridized carbons (Fsp3) is 0.444. The van der Waals surface area contributed by atoms with E-state index in [1.54, 1.807) is 23.5 Å². The molecule has 1 saturated heterocycles. The Morgan fingerprint density at radius 2 is 1.92 bits per heavy atom. The zero-order chi connectivity index (χ0) is 17.4. The number of nitrogens with zero attached hydrogens (tertiary/aromatic N) is 3. The van der Waals surface area contributed by atoms with Crippen molar-refractivity contribution in [1.82, 2.24) is 14.8 Å². The number of piperazine rings is 1. The van der Waals surface area contributed by atoms with E-state index in [1.165, 1.54) is 4.88 Å². The minimum Gasteiger partial charge on any atom is -0.454 e. The molecule has 0 bridgehead atoms. The summed E-state index contributed by atoms with van der Waals surface area (Å²) in [6.45, 7) is 8.46.